The van der Waals surface area contributed by atoms with Gasteiger partial charge in [-0.1, -0.05) is 6.92 Å². The summed E-state index contributed by atoms with van der Waals surface area (Å²) in [6.45, 7) is 3.88. The smallest absolute Gasteiger partial charge is 0.269 e. The predicted octanol–water partition coefficient (Wildman–Crippen LogP) is 0.0918. The van der Waals surface area contributed by atoms with Crippen LogP contribution in [0.1, 0.15) is 18.2 Å². The number of hydrogen-bond acceptors (Lipinski definition) is 3. The van der Waals surface area contributed by atoms with Crippen LogP contribution in [0.3, 0.4) is 0 Å². The summed E-state index contributed by atoms with van der Waals surface area (Å²) in [5.74, 6) is -0.0178. The second kappa shape index (κ2) is 4.22. The molecular formula is C9H16N2O3S. The van der Waals surface area contributed by atoms with Gasteiger partial charge in [0.15, 0.2) is 0 Å². The Kier molecular flexibility index (Phi) is 3.38. The third kappa shape index (κ3) is 2.95. The third-order valence-corrected chi connectivity index (χ3v) is 3.25. The molecule has 1 N–H and O–H groups in total. The van der Waals surface area contributed by atoms with Gasteiger partial charge in [0.2, 0.25) is 0 Å². The van der Waals surface area contributed by atoms with Crippen molar-refractivity contribution >= 4 is 9.84 Å². The lowest BCUT2D eigenvalue weighted by Crippen LogP contribution is -2.22. The molecule has 0 radical (unpaired) electrons. The molecule has 0 aliphatic carbocycles. The van der Waals surface area contributed by atoms with Crippen LogP contribution in [-0.4, -0.2) is 30.2 Å². The summed E-state index contributed by atoms with van der Waals surface area (Å²) >= 11 is 0. The Labute approximate surface area is 89.0 Å². The van der Waals surface area contributed by atoms with Crippen LogP contribution in [-0.2, 0) is 22.8 Å². The molecule has 0 amide bonds. The van der Waals surface area contributed by atoms with E-state index in [2.05, 4.69) is 5.10 Å². The zero-order valence-electron chi connectivity index (χ0n) is 9.20. The van der Waals surface area contributed by atoms with E-state index in [-0.39, 0.29) is 17.9 Å². The summed E-state index contributed by atoms with van der Waals surface area (Å²) in [6, 6.07) is 0. The van der Waals surface area contributed by atoms with Gasteiger partial charge in [-0.25, -0.2) is 8.42 Å². The van der Waals surface area contributed by atoms with Gasteiger partial charge in [-0.3, -0.25) is 14.6 Å². The number of H-pyrrole nitrogens is 1. The van der Waals surface area contributed by atoms with Crippen molar-refractivity contribution in [2.45, 2.75) is 26.8 Å². The fourth-order valence-corrected chi connectivity index (χ4v) is 1.90. The van der Waals surface area contributed by atoms with E-state index < -0.39 is 9.84 Å². The lowest BCUT2D eigenvalue weighted by Gasteiger charge is -1.99. The number of aromatic amines is 1. The molecule has 0 unspecified atom stereocenters. The van der Waals surface area contributed by atoms with Gasteiger partial charge in [-0.2, -0.15) is 0 Å². The lowest BCUT2D eigenvalue weighted by molar-refractivity contribution is 0.579. The number of aryl methyl sites for hydroxylation is 2. The Morgan fingerprint density at radius 3 is 2.40 bits per heavy atom. The molecule has 86 valence electrons. The second-order valence-electron chi connectivity index (χ2n) is 3.66. The number of aromatic nitrogens is 2. The van der Waals surface area contributed by atoms with Gasteiger partial charge in [0.1, 0.15) is 9.84 Å². The van der Waals surface area contributed by atoms with Crippen LogP contribution in [0, 0.1) is 6.92 Å². The average molecular weight is 232 g/mol. The first-order valence-corrected chi connectivity index (χ1v) is 6.87. The van der Waals surface area contributed by atoms with Crippen LogP contribution in [0.2, 0.25) is 0 Å². The number of nitrogens with one attached hydrogen (secondary N) is 1. The number of rotatable bonds is 4. The van der Waals surface area contributed by atoms with Crippen molar-refractivity contribution in [2.75, 3.05) is 12.0 Å². The van der Waals surface area contributed by atoms with Crippen LogP contribution < -0.4 is 5.56 Å². The minimum Gasteiger partial charge on any atom is -0.299 e. The van der Waals surface area contributed by atoms with Crippen LogP contribution in [0.4, 0.5) is 0 Å². The Morgan fingerprint density at radius 2 is 2.00 bits per heavy atom. The van der Waals surface area contributed by atoms with Gasteiger partial charge < -0.3 is 0 Å². The van der Waals surface area contributed by atoms with E-state index in [0.29, 0.717) is 5.56 Å². The quantitative estimate of drug-likeness (QED) is 0.799. The summed E-state index contributed by atoms with van der Waals surface area (Å²) in [5, 5.41) is 2.91. The molecule has 0 saturated carbocycles. The van der Waals surface area contributed by atoms with E-state index in [0.717, 1.165) is 18.4 Å². The molecule has 0 fully saturated rings. The summed E-state index contributed by atoms with van der Waals surface area (Å²) in [6.07, 6.45) is 1.90. The predicted molar refractivity (Wildman–Crippen MR) is 58.9 cm³/mol. The molecule has 1 aromatic heterocycles. The fourth-order valence-electron chi connectivity index (χ4n) is 1.39. The Bertz CT molecular complexity index is 496. The van der Waals surface area contributed by atoms with E-state index in [1.54, 1.807) is 6.92 Å². The van der Waals surface area contributed by atoms with E-state index >= 15 is 0 Å². The average Bonchev–Trinajstić information content (AvgIpc) is 2.40. The maximum atomic E-state index is 11.6. The summed E-state index contributed by atoms with van der Waals surface area (Å²) in [4.78, 5) is 11.6. The Hall–Kier alpha value is -1.04. The highest BCUT2D eigenvalue weighted by Gasteiger charge is 2.10. The largest absolute Gasteiger partial charge is 0.299 e. The zero-order chi connectivity index (χ0) is 11.6. The fraction of sp³-hybridized carbons (Fsp3) is 0.667. The molecular weight excluding hydrogens is 216 g/mol. The van der Waals surface area contributed by atoms with Crippen LogP contribution in [0.15, 0.2) is 4.79 Å². The van der Waals surface area contributed by atoms with Crippen LogP contribution in [0.5, 0.6) is 0 Å². The first kappa shape index (κ1) is 12.0. The molecule has 5 nitrogen and oxygen atoms in total. The van der Waals surface area contributed by atoms with Gasteiger partial charge in [0.25, 0.3) is 5.56 Å². The summed E-state index contributed by atoms with van der Waals surface area (Å²) in [7, 11) is -3.03. The highest BCUT2D eigenvalue weighted by molar-refractivity contribution is 7.90. The van der Waals surface area contributed by atoms with Crippen molar-refractivity contribution < 1.29 is 8.42 Å². The molecule has 15 heavy (non-hydrogen) atoms. The highest BCUT2D eigenvalue weighted by Crippen LogP contribution is 2.00. The van der Waals surface area contributed by atoms with E-state index in [1.807, 2.05) is 6.92 Å². The highest BCUT2D eigenvalue weighted by atomic mass is 32.2. The van der Waals surface area contributed by atoms with Crippen molar-refractivity contribution in [3.8, 4) is 0 Å². The second-order valence-corrected chi connectivity index (χ2v) is 5.92. The normalized spacial score (nSPS) is 11.9. The van der Waals surface area contributed by atoms with Crippen molar-refractivity contribution in [1.82, 2.24) is 9.78 Å². The molecule has 0 saturated heterocycles. The molecule has 0 atom stereocenters. The third-order valence-electron chi connectivity index (χ3n) is 2.33. The molecule has 6 heteroatoms. The van der Waals surface area contributed by atoms with Gasteiger partial charge in [0, 0.05) is 17.5 Å². The molecule has 1 rings (SSSR count). The maximum Gasteiger partial charge on any atom is 0.269 e. The zero-order valence-corrected chi connectivity index (χ0v) is 10.0. The molecule has 0 aliphatic rings. The molecule has 0 aromatic carbocycles. The first-order chi connectivity index (χ1) is 6.85. The minimum absolute atomic E-state index is 0.0178. The van der Waals surface area contributed by atoms with Crippen molar-refractivity contribution in [3.05, 3.63) is 21.6 Å². The molecule has 1 heterocycles. The molecule has 0 spiro atoms. The van der Waals surface area contributed by atoms with E-state index in [9.17, 15) is 13.2 Å². The van der Waals surface area contributed by atoms with E-state index in [4.69, 9.17) is 0 Å². The summed E-state index contributed by atoms with van der Waals surface area (Å²) < 4.78 is 23.3. The van der Waals surface area contributed by atoms with Gasteiger partial charge >= 0.3 is 0 Å². The molecule has 0 aliphatic heterocycles. The van der Waals surface area contributed by atoms with E-state index in [1.165, 1.54) is 4.68 Å². The van der Waals surface area contributed by atoms with Gasteiger partial charge in [-0.05, 0) is 13.3 Å². The summed E-state index contributed by atoms with van der Waals surface area (Å²) in [5.41, 5.74) is 1.41. The lowest BCUT2D eigenvalue weighted by atomic mass is 10.2. The minimum atomic E-state index is -3.03. The van der Waals surface area contributed by atoms with Crippen molar-refractivity contribution in [1.29, 1.82) is 0 Å². The first-order valence-electron chi connectivity index (χ1n) is 4.81. The molecule has 0 bridgehead atoms. The van der Waals surface area contributed by atoms with Crippen molar-refractivity contribution in [2.24, 2.45) is 0 Å². The van der Waals surface area contributed by atoms with Crippen LogP contribution in [0.25, 0.3) is 0 Å². The standard InChI is InChI=1S/C9H16N2O3S/c1-4-8-7(2)9(12)11(10-8)5-6-15(3,13)14/h10H,4-6H2,1-3H3. The van der Waals surface area contributed by atoms with Crippen molar-refractivity contribution in [3.63, 3.8) is 0 Å². The Morgan fingerprint density at radius 1 is 1.40 bits per heavy atom. The number of hydrogen-bond donors (Lipinski definition) is 1. The monoisotopic (exact) mass is 232 g/mol. The van der Waals surface area contributed by atoms with Crippen LogP contribution >= 0.6 is 0 Å². The number of nitrogens with zero attached hydrogens (tertiary/aromatic N) is 1. The van der Waals surface area contributed by atoms with Gasteiger partial charge in [0.05, 0.1) is 12.3 Å². The topological polar surface area (TPSA) is 71.9 Å². The SMILES string of the molecule is CCc1[nH]n(CCS(C)(=O)=O)c(=O)c1C. The Balaban J connectivity index is 2.92. The van der Waals surface area contributed by atoms with Gasteiger partial charge in [-0.15, -0.1) is 0 Å². The maximum absolute atomic E-state index is 11.6. The number of sulfone groups is 1. The molecule has 1 aromatic rings.